The fourth-order valence-corrected chi connectivity index (χ4v) is 3.48. The lowest BCUT2D eigenvalue weighted by Crippen LogP contribution is -2.44. The second-order valence-electron chi connectivity index (χ2n) is 6.60. The molecule has 1 aromatic carbocycles. The summed E-state index contributed by atoms with van der Waals surface area (Å²) in [4.78, 5) is 31.6. The monoisotopic (exact) mass is 398 g/mol. The summed E-state index contributed by atoms with van der Waals surface area (Å²) in [5, 5.41) is 3.36. The number of methoxy groups -OCH3 is 1. The van der Waals surface area contributed by atoms with E-state index in [2.05, 4.69) is 10.3 Å². The van der Waals surface area contributed by atoms with Crippen molar-refractivity contribution in [2.24, 2.45) is 0 Å². The Kier molecular flexibility index (Phi) is 4.92. The number of halogens is 1. The van der Waals surface area contributed by atoms with Crippen LogP contribution >= 0.6 is 11.6 Å². The molecule has 1 N–H and O–H groups in total. The van der Waals surface area contributed by atoms with Gasteiger partial charge in [0, 0.05) is 25.7 Å². The van der Waals surface area contributed by atoms with Crippen LogP contribution in [0.15, 0.2) is 47.4 Å². The van der Waals surface area contributed by atoms with E-state index >= 15 is 0 Å². The van der Waals surface area contributed by atoms with Crippen molar-refractivity contribution in [3.05, 3.63) is 74.8 Å². The van der Waals surface area contributed by atoms with Gasteiger partial charge in [0.1, 0.15) is 11.4 Å². The zero-order valence-electron chi connectivity index (χ0n) is 15.3. The van der Waals surface area contributed by atoms with Crippen LogP contribution in [0, 0.1) is 0 Å². The maximum atomic E-state index is 12.8. The molecular formula is C20H19ClN4O3. The largest absolute Gasteiger partial charge is 0.497 e. The minimum atomic E-state index is -0.218. The highest BCUT2D eigenvalue weighted by Gasteiger charge is 2.25. The highest BCUT2D eigenvalue weighted by molar-refractivity contribution is 6.30. The lowest BCUT2D eigenvalue weighted by atomic mass is 10.1. The summed E-state index contributed by atoms with van der Waals surface area (Å²) in [6.45, 7) is 1.11. The van der Waals surface area contributed by atoms with Crippen molar-refractivity contribution < 1.29 is 9.53 Å². The van der Waals surface area contributed by atoms with Gasteiger partial charge >= 0.3 is 6.03 Å². The Bertz CT molecular complexity index is 1110. The Labute approximate surface area is 166 Å². The first-order chi connectivity index (χ1) is 13.5. The average molecular weight is 399 g/mol. The number of hydrogen-bond donors (Lipinski definition) is 1. The first-order valence-electron chi connectivity index (χ1n) is 8.90. The standard InChI is InChI=1S/C20H19ClN4O3/c1-28-15-4-2-3-13(9-15)10-22-20(27)24-8-7-17-16(12-24)19(26)25-11-14(21)5-6-18(25)23-17/h2-6,9,11H,7-8,10,12H2,1H3,(H,22,27). The Morgan fingerprint density at radius 1 is 1.32 bits per heavy atom. The van der Waals surface area contributed by atoms with Gasteiger partial charge in [-0.2, -0.15) is 0 Å². The fourth-order valence-electron chi connectivity index (χ4n) is 3.32. The Morgan fingerprint density at radius 2 is 2.18 bits per heavy atom. The quantitative estimate of drug-likeness (QED) is 0.735. The van der Waals surface area contributed by atoms with Crippen LogP contribution in [0.25, 0.3) is 5.65 Å². The molecule has 4 rings (SSSR count). The van der Waals surface area contributed by atoms with Crippen LogP contribution in [0.1, 0.15) is 16.8 Å². The number of fused-ring (bicyclic) bond motifs is 2. The molecule has 0 saturated heterocycles. The van der Waals surface area contributed by atoms with Crippen LogP contribution in [0.2, 0.25) is 5.02 Å². The number of aromatic nitrogens is 2. The second-order valence-corrected chi connectivity index (χ2v) is 7.04. The predicted octanol–water partition coefficient (Wildman–Crippen LogP) is 2.62. The molecule has 0 fully saturated rings. The van der Waals surface area contributed by atoms with Gasteiger partial charge in [0.2, 0.25) is 0 Å². The van der Waals surface area contributed by atoms with Gasteiger partial charge in [-0.3, -0.25) is 9.20 Å². The average Bonchev–Trinajstić information content (AvgIpc) is 2.72. The topological polar surface area (TPSA) is 75.9 Å². The van der Waals surface area contributed by atoms with Gasteiger partial charge in [0.25, 0.3) is 5.56 Å². The molecule has 2 amide bonds. The van der Waals surface area contributed by atoms with Gasteiger partial charge in [-0.25, -0.2) is 9.78 Å². The summed E-state index contributed by atoms with van der Waals surface area (Å²) in [5.41, 5.74) is 2.58. The molecular weight excluding hydrogens is 380 g/mol. The Hall–Kier alpha value is -3.06. The van der Waals surface area contributed by atoms with Crippen LogP contribution in [0.3, 0.4) is 0 Å². The highest BCUT2D eigenvalue weighted by atomic mass is 35.5. The molecule has 0 unspecified atom stereocenters. The van der Waals surface area contributed by atoms with E-state index in [1.54, 1.807) is 30.3 Å². The van der Waals surface area contributed by atoms with Crippen LogP contribution in [0.5, 0.6) is 5.75 Å². The smallest absolute Gasteiger partial charge is 0.317 e. The fraction of sp³-hybridized carbons (Fsp3) is 0.250. The van der Waals surface area contributed by atoms with E-state index in [9.17, 15) is 9.59 Å². The first-order valence-corrected chi connectivity index (χ1v) is 9.28. The number of carbonyl (C=O) groups is 1. The molecule has 2 aromatic heterocycles. The van der Waals surface area contributed by atoms with Gasteiger partial charge in [-0.1, -0.05) is 23.7 Å². The van der Waals surface area contributed by atoms with E-state index in [1.165, 1.54) is 4.40 Å². The minimum Gasteiger partial charge on any atom is -0.497 e. The molecule has 0 saturated carbocycles. The maximum Gasteiger partial charge on any atom is 0.317 e. The van der Waals surface area contributed by atoms with Crippen LogP contribution in [-0.4, -0.2) is 34.0 Å². The predicted molar refractivity (Wildman–Crippen MR) is 106 cm³/mol. The van der Waals surface area contributed by atoms with Crippen molar-refractivity contribution in [1.29, 1.82) is 0 Å². The summed E-state index contributed by atoms with van der Waals surface area (Å²) in [6.07, 6.45) is 2.09. The molecule has 1 aliphatic rings. The number of ether oxygens (including phenoxy) is 1. The highest BCUT2D eigenvalue weighted by Crippen LogP contribution is 2.17. The minimum absolute atomic E-state index is 0.187. The number of carbonyl (C=O) groups excluding carboxylic acids is 1. The zero-order valence-corrected chi connectivity index (χ0v) is 16.1. The summed E-state index contributed by atoms with van der Waals surface area (Å²) in [7, 11) is 1.60. The number of amides is 2. The van der Waals surface area contributed by atoms with Crippen LogP contribution in [-0.2, 0) is 19.5 Å². The third-order valence-electron chi connectivity index (χ3n) is 4.80. The molecule has 0 atom stereocenters. The van der Waals surface area contributed by atoms with Gasteiger partial charge in [0.05, 0.1) is 29.9 Å². The Balaban J connectivity index is 1.51. The van der Waals surface area contributed by atoms with Gasteiger partial charge in [-0.05, 0) is 29.8 Å². The number of rotatable bonds is 3. The van der Waals surface area contributed by atoms with E-state index in [0.29, 0.717) is 35.7 Å². The number of urea groups is 1. The van der Waals surface area contributed by atoms with E-state index < -0.39 is 0 Å². The van der Waals surface area contributed by atoms with Crippen molar-refractivity contribution in [2.75, 3.05) is 13.7 Å². The SMILES string of the molecule is COc1cccc(CNC(=O)N2CCc3nc4ccc(Cl)cn4c(=O)c3C2)c1. The van der Waals surface area contributed by atoms with E-state index in [0.717, 1.165) is 17.0 Å². The normalized spacial score (nSPS) is 13.3. The summed E-state index contributed by atoms with van der Waals surface area (Å²) >= 11 is 6.00. The number of benzene rings is 1. The molecule has 144 valence electrons. The van der Waals surface area contributed by atoms with Crippen molar-refractivity contribution in [3.8, 4) is 5.75 Å². The maximum absolute atomic E-state index is 12.8. The third kappa shape index (κ3) is 3.53. The number of nitrogens with zero attached hydrogens (tertiary/aromatic N) is 3. The molecule has 8 heteroatoms. The number of pyridine rings is 1. The van der Waals surface area contributed by atoms with Crippen molar-refractivity contribution in [3.63, 3.8) is 0 Å². The zero-order chi connectivity index (χ0) is 19.7. The first kappa shape index (κ1) is 18.3. The molecule has 0 bridgehead atoms. The van der Waals surface area contributed by atoms with Crippen LogP contribution in [0.4, 0.5) is 4.79 Å². The Morgan fingerprint density at radius 3 is 3.00 bits per heavy atom. The molecule has 0 aliphatic carbocycles. The number of hydrogen-bond acceptors (Lipinski definition) is 4. The second kappa shape index (κ2) is 7.52. The van der Waals surface area contributed by atoms with Crippen molar-refractivity contribution >= 4 is 23.3 Å². The molecule has 0 spiro atoms. The van der Waals surface area contributed by atoms with Crippen molar-refractivity contribution in [1.82, 2.24) is 19.6 Å². The third-order valence-corrected chi connectivity index (χ3v) is 5.02. The number of nitrogens with one attached hydrogen (secondary N) is 1. The van der Waals surface area contributed by atoms with E-state index in [1.807, 2.05) is 24.3 Å². The van der Waals surface area contributed by atoms with Gasteiger partial charge in [-0.15, -0.1) is 0 Å². The lowest BCUT2D eigenvalue weighted by Gasteiger charge is -2.28. The molecule has 0 radical (unpaired) electrons. The molecule has 3 aromatic rings. The summed E-state index contributed by atoms with van der Waals surface area (Å²) in [6, 6.07) is 10.7. The molecule has 3 heterocycles. The van der Waals surface area contributed by atoms with Crippen molar-refractivity contribution in [2.45, 2.75) is 19.5 Å². The summed E-state index contributed by atoms with van der Waals surface area (Å²) < 4.78 is 6.63. The van der Waals surface area contributed by atoms with Gasteiger partial charge < -0.3 is 15.0 Å². The molecule has 28 heavy (non-hydrogen) atoms. The van der Waals surface area contributed by atoms with Gasteiger partial charge in [0.15, 0.2) is 0 Å². The molecule has 1 aliphatic heterocycles. The lowest BCUT2D eigenvalue weighted by molar-refractivity contribution is 0.191. The summed E-state index contributed by atoms with van der Waals surface area (Å²) in [5.74, 6) is 0.739. The molecule has 7 nitrogen and oxygen atoms in total. The van der Waals surface area contributed by atoms with Crippen LogP contribution < -0.4 is 15.6 Å². The van der Waals surface area contributed by atoms with E-state index in [-0.39, 0.29) is 18.1 Å². The van der Waals surface area contributed by atoms with E-state index in [4.69, 9.17) is 16.3 Å².